The molecule has 6 nitrogen and oxygen atoms in total. The number of carbonyl (C=O) groups is 1. The van der Waals surface area contributed by atoms with Crippen LogP contribution in [0.25, 0.3) is 0 Å². The van der Waals surface area contributed by atoms with Gasteiger partial charge in [-0.3, -0.25) is 4.79 Å². The molecule has 0 radical (unpaired) electrons. The Bertz CT molecular complexity index is 1040. The fourth-order valence-electron chi connectivity index (χ4n) is 3.04. The topological polar surface area (TPSA) is 75.7 Å². The van der Waals surface area contributed by atoms with E-state index in [0.717, 1.165) is 10.4 Å². The second-order valence-electron chi connectivity index (χ2n) is 6.70. The van der Waals surface area contributed by atoms with Crippen LogP contribution in [0.1, 0.15) is 24.5 Å². The fourth-order valence-corrected chi connectivity index (χ4v) is 4.70. The lowest BCUT2D eigenvalue weighted by Crippen LogP contribution is -2.38. The number of methoxy groups -OCH3 is 1. The maximum atomic E-state index is 13.8. The lowest BCUT2D eigenvalue weighted by molar-refractivity contribution is -0.116. The Morgan fingerprint density at radius 2 is 1.70 bits per heavy atom. The van der Waals surface area contributed by atoms with Gasteiger partial charge in [0.2, 0.25) is 15.9 Å². The van der Waals surface area contributed by atoms with E-state index < -0.39 is 45.6 Å². The van der Waals surface area contributed by atoms with Crippen LogP contribution >= 0.6 is 0 Å². The van der Waals surface area contributed by atoms with E-state index in [-0.39, 0.29) is 11.4 Å². The summed E-state index contributed by atoms with van der Waals surface area (Å²) >= 11 is 0. The number of carbonyl (C=O) groups excluding carboxylic acids is 1. The summed E-state index contributed by atoms with van der Waals surface area (Å²) in [5.41, 5.74) is 0.644. The van der Waals surface area contributed by atoms with Crippen LogP contribution in [-0.4, -0.2) is 38.8 Å². The van der Waals surface area contributed by atoms with Crippen molar-refractivity contribution in [2.75, 3.05) is 25.5 Å². The molecule has 0 unspecified atom stereocenters. The largest absolute Gasteiger partial charge is 0.496 e. The van der Waals surface area contributed by atoms with Crippen molar-refractivity contribution < 1.29 is 31.1 Å². The highest BCUT2D eigenvalue weighted by Gasteiger charge is 2.28. The number of benzene rings is 2. The molecule has 10 heteroatoms. The SMILES string of the molecule is CCCN(CC(=O)Nc1ccc(F)c(F)c1F)S(=O)(=O)c1cc(C)c(OC)c(C)c1. The molecular weight excluding hydrogens is 421 g/mol. The maximum Gasteiger partial charge on any atom is 0.243 e. The van der Waals surface area contributed by atoms with Crippen molar-refractivity contribution in [1.29, 1.82) is 0 Å². The molecular formula is C20H23F3N2O4S. The summed E-state index contributed by atoms with van der Waals surface area (Å²) in [4.78, 5) is 12.3. The Balaban J connectivity index is 2.31. The van der Waals surface area contributed by atoms with Crippen LogP contribution in [0.5, 0.6) is 5.75 Å². The van der Waals surface area contributed by atoms with Crippen LogP contribution < -0.4 is 10.1 Å². The molecule has 0 aliphatic rings. The van der Waals surface area contributed by atoms with Gasteiger partial charge in [0, 0.05) is 6.54 Å². The van der Waals surface area contributed by atoms with E-state index in [4.69, 9.17) is 4.74 Å². The molecule has 2 rings (SSSR count). The third kappa shape index (κ3) is 4.93. The van der Waals surface area contributed by atoms with E-state index in [1.165, 1.54) is 19.2 Å². The Morgan fingerprint density at radius 1 is 1.10 bits per heavy atom. The molecule has 1 N–H and O–H groups in total. The first-order chi connectivity index (χ1) is 14.0. The van der Waals surface area contributed by atoms with Gasteiger partial charge in [-0.2, -0.15) is 4.31 Å². The zero-order chi connectivity index (χ0) is 22.6. The Morgan fingerprint density at radius 3 is 2.23 bits per heavy atom. The van der Waals surface area contributed by atoms with Crippen LogP contribution in [0.3, 0.4) is 0 Å². The molecule has 0 bridgehead atoms. The molecule has 0 aliphatic heterocycles. The van der Waals surface area contributed by atoms with Crippen molar-refractivity contribution >= 4 is 21.6 Å². The molecule has 0 fully saturated rings. The van der Waals surface area contributed by atoms with Crippen molar-refractivity contribution in [2.45, 2.75) is 32.1 Å². The van der Waals surface area contributed by atoms with Gasteiger partial charge < -0.3 is 10.1 Å². The Kier molecular flexibility index (Phi) is 7.49. The number of halogens is 3. The average molecular weight is 444 g/mol. The molecule has 0 atom stereocenters. The Labute approximate surface area is 173 Å². The van der Waals surface area contributed by atoms with Gasteiger partial charge in [0.05, 0.1) is 24.2 Å². The van der Waals surface area contributed by atoms with E-state index in [1.807, 2.05) is 0 Å². The number of hydrogen-bond donors (Lipinski definition) is 1. The summed E-state index contributed by atoms with van der Waals surface area (Å²) in [5.74, 6) is -5.02. The smallest absolute Gasteiger partial charge is 0.243 e. The van der Waals surface area contributed by atoms with Crippen molar-refractivity contribution in [3.8, 4) is 5.75 Å². The van der Waals surface area contributed by atoms with Crippen LogP contribution in [0.4, 0.5) is 18.9 Å². The molecule has 0 aromatic heterocycles. The van der Waals surface area contributed by atoms with Crippen LogP contribution in [0.2, 0.25) is 0 Å². The molecule has 1 amide bonds. The number of amides is 1. The van der Waals surface area contributed by atoms with Gasteiger partial charge in [0.1, 0.15) is 5.75 Å². The number of nitrogens with zero attached hydrogens (tertiary/aromatic N) is 1. The minimum absolute atomic E-state index is 0.0152. The van der Waals surface area contributed by atoms with Crippen molar-refractivity contribution in [1.82, 2.24) is 4.31 Å². The van der Waals surface area contributed by atoms with Crippen LogP contribution in [0.15, 0.2) is 29.2 Å². The normalized spacial score (nSPS) is 11.6. The van der Waals surface area contributed by atoms with Gasteiger partial charge in [-0.1, -0.05) is 6.92 Å². The number of rotatable bonds is 8. The monoisotopic (exact) mass is 444 g/mol. The number of nitrogens with one attached hydrogen (secondary N) is 1. The average Bonchev–Trinajstić information content (AvgIpc) is 2.68. The van der Waals surface area contributed by atoms with Crippen molar-refractivity contribution in [3.63, 3.8) is 0 Å². The first kappa shape index (κ1) is 23.7. The van der Waals surface area contributed by atoms with Gasteiger partial charge in [-0.25, -0.2) is 21.6 Å². The highest BCUT2D eigenvalue weighted by atomic mass is 32.2. The number of hydrogen-bond acceptors (Lipinski definition) is 4. The summed E-state index contributed by atoms with van der Waals surface area (Å²) in [6, 6.07) is 4.41. The third-order valence-corrected chi connectivity index (χ3v) is 6.20. The van der Waals surface area contributed by atoms with E-state index in [1.54, 1.807) is 20.8 Å². The predicted octanol–water partition coefficient (Wildman–Crippen LogP) is 3.77. The second-order valence-corrected chi connectivity index (χ2v) is 8.64. The molecule has 0 spiro atoms. The number of sulfonamides is 1. The highest BCUT2D eigenvalue weighted by molar-refractivity contribution is 7.89. The summed E-state index contributed by atoms with van der Waals surface area (Å²) in [6.07, 6.45) is 0.417. The van der Waals surface area contributed by atoms with Crippen LogP contribution in [-0.2, 0) is 14.8 Å². The lowest BCUT2D eigenvalue weighted by atomic mass is 10.1. The number of aryl methyl sites for hydroxylation is 2. The van der Waals surface area contributed by atoms with Gasteiger partial charge >= 0.3 is 0 Å². The van der Waals surface area contributed by atoms with Crippen LogP contribution in [0, 0.1) is 31.3 Å². The summed E-state index contributed by atoms with van der Waals surface area (Å²) in [6.45, 7) is 4.54. The molecule has 0 saturated carbocycles. The van der Waals surface area contributed by atoms with Gasteiger partial charge in [-0.05, 0) is 55.7 Å². The molecule has 2 aromatic rings. The van der Waals surface area contributed by atoms with E-state index in [2.05, 4.69) is 5.32 Å². The van der Waals surface area contributed by atoms with Gasteiger partial charge in [-0.15, -0.1) is 0 Å². The van der Waals surface area contributed by atoms with Crippen molar-refractivity contribution in [3.05, 3.63) is 52.8 Å². The minimum atomic E-state index is -4.06. The van der Waals surface area contributed by atoms with E-state index >= 15 is 0 Å². The molecule has 2 aromatic carbocycles. The quantitative estimate of drug-likeness (QED) is 0.629. The van der Waals surface area contributed by atoms with E-state index in [9.17, 15) is 26.4 Å². The minimum Gasteiger partial charge on any atom is -0.496 e. The standard InChI is InChI=1S/C20H23F3N2O4S/c1-5-8-25(11-17(26)24-16-7-6-15(21)18(22)19(16)23)30(27,28)14-9-12(2)20(29-4)13(3)10-14/h6-7,9-10H,5,8,11H2,1-4H3,(H,24,26). The predicted molar refractivity (Wildman–Crippen MR) is 106 cm³/mol. The molecule has 0 aliphatic carbocycles. The number of anilines is 1. The molecule has 0 saturated heterocycles. The zero-order valence-corrected chi connectivity index (χ0v) is 17.9. The summed E-state index contributed by atoms with van der Waals surface area (Å²) < 4.78 is 72.6. The second kappa shape index (κ2) is 9.48. The lowest BCUT2D eigenvalue weighted by Gasteiger charge is -2.22. The molecule has 30 heavy (non-hydrogen) atoms. The zero-order valence-electron chi connectivity index (χ0n) is 17.1. The number of ether oxygens (including phenoxy) is 1. The summed E-state index contributed by atoms with van der Waals surface area (Å²) in [7, 11) is -2.58. The first-order valence-electron chi connectivity index (χ1n) is 9.11. The van der Waals surface area contributed by atoms with Gasteiger partial charge in [0.15, 0.2) is 17.5 Å². The Hall–Kier alpha value is -2.59. The molecule has 0 heterocycles. The first-order valence-corrected chi connectivity index (χ1v) is 10.6. The fraction of sp³-hybridized carbons (Fsp3) is 0.350. The van der Waals surface area contributed by atoms with E-state index in [0.29, 0.717) is 29.4 Å². The highest BCUT2D eigenvalue weighted by Crippen LogP contribution is 2.28. The third-order valence-electron chi connectivity index (χ3n) is 4.38. The molecule has 164 valence electrons. The van der Waals surface area contributed by atoms with Crippen molar-refractivity contribution in [2.24, 2.45) is 0 Å². The van der Waals surface area contributed by atoms with Gasteiger partial charge in [0.25, 0.3) is 0 Å². The maximum absolute atomic E-state index is 13.8. The summed E-state index contributed by atoms with van der Waals surface area (Å²) in [5, 5.41) is 2.08.